The van der Waals surface area contributed by atoms with Gasteiger partial charge in [-0.2, -0.15) is 0 Å². The molecule has 0 aliphatic carbocycles. The Labute approximate surface area is 109 Å². The molecular weight excluding hydrogens is 286 g/mol. The Hall–Kier alpha value is -0.190. The van der Waals surface area contributed by atoms with Crippen LogP contribution < -0.4 is 0 Å². The highest BCUT2D eigenvalue weighted by Crippen LogP contribution is 2.26. The van der Waals surface area contributed by atoms with E-state index in [4.69, 9.17) is 0 Å². The third-order valence-electron chi connectivity index (χ3n) is 3.22. The minimum absolute atomic E-state index is 0.308. The summed E-state index contributed by atoms with van der Waals surface area (Å²) in [4.78, 5) is 15.1. The molecule has 1 aliphatic heterocycles. The summed E-state index contributed by atoms with van der Waals surface area (Å²) in [5.74, 6) is 0.667. The molecule has 2 heterocycles. The molecule has 4 heteroatoms. The van der Waals surface area contributed by atoms with Crippen molar-refractivity contribution < 1.29 is 4.79 Å². The van der Waals surface area contributed by atoms with E-state index in [1.165, 1.54) is 9.35 Å². The lowest BCUT2D eigenvalue weighted by Gasteiger charge is -2.30. The second-order valence-corrected chi connectivity index (χ2v) is 6.21. The molecule has 16 heavy (non-hydrogen) atoms. The first-order chi connectivity index (χ1) is 7.66. The highest BCUT2D eigenvalue weighted by molar-refractivity contribution is 9.10. The zero-order valence-corrected chi connectivity index (χ0v) is 11.8. The second-order valence-electron chi connectivity index (χ2n) is 4.35. The van der Waals surface area contributed by atoms with E-state index in [-0.39, 0.29) is 0 Å². The molecule has 0 unspecified atom stereocenters. The molecule has 0 saturated carbocycles. The van der Waals surface area contributed by atoms with Crippen LogP contribution >= 0.6 is 27.3 Å². The van der Waals surface area contributed by atoms with Crippen molar-refractivity contribution in [2.45, 2.75) is 26.3 Å². The zero-order chi connectivity index (χ0) is 11.5. The third-order valence-corrected chi connectivity index (χ3v) is 5.13. The van der Waals surface area contributed by atoms with Crippen molar-refractivity contribution in [3.63, 3.8) is 0 Å². The van der Waals surface area contributed by atoms with Gasteiger partial charge in [0.05, 0.1) is 0 Å². The van der Waals surface area contributed by atoms with Gasteiger partial charge in [0.1, 0.15) is 5.78 Å². The molecule has 0 amide bonds. The minimum Gasteiger partial charge on any atom is -0.300 e. The van der Waals surface area contributed by atoms with Crippen molar-refractivity contribution in [2.75, 3.05) is 13.1 Å². The summed E-state index contributed by atoms with van der Waals surface area (Å²) in [5, 5.41) is 2.11. The molecule has 1 fully saturated rings. The Bertz CT molecular complexity index is 369. The number of carbonyl (C=O) groups is 1. The lowest BCUT2D eigenvalue weighted by molar-refractivity contribution is -0.122. The average molecular weight is 302 g/mol. The maximum Gasteiger partial charge on any atom is 0.133 e. The van der Waals surface area contributed by atoms with Crippen molar-refractivity contribution in [2.24, 2.45) is 5.92 Å². The monoisotopic (exact) mass is 301 g/mol. The Balaban J connectivity index is 1.86. The molecule has 1 aromatic heterocycles. The highest BCUT2D eigenvalue weighted by atomic mass is 79.9. The van der Waals surface area contributed by atoms with Gasteiger partial charge in [0.15, 0.2) is 0 Å². The maximum absolute atomic E-state index is 11.3. The van der Waals surface area contributed by atoms with Gasteiger partial charge < -0.3 is 0 Å². The normalized spacial score (nSPS) is 18.9. The summed E-state index contributed by atoms with van der Waals surface area (Å²) in [7, 11) is 0. The topological polar surface area (TPSA) is 20.3 Å². The van der Waals surface area contributed by atoms with Gasteiger partial charge in [-0.25, -0.2) is 0 Å². The molecule has 1 aromatic rings. The second kappa shape index (κ2) is 5.43. The summed E-state index contributed by atoms with van der Waals surface area (Å²) in [6.45, 7) is 4.84. The number of likely N-dealkylation sites (tertiary alicyclic amines) is 1. The fourth-order valence-corrected chi connectivity index (χ4v) is 3.66. The van der Waals surface area contributed by atoms with Gasteiger partial charge in [-0.1, -0.05) is 0 Å². The largest absolute Gasteiger partial charge is 0.300 e. The van der Waals surface area contributed by atoms with Crippen LogP contribution in [0, 0.1) is 5.92 Å². The Morgan fingerprint density at radius 2 is 2.25 bits per heavy atom. The van der Waals surface area contributed by atoms with Crippen molar-refractivity contribution >= 4 is 33.0 Å². The molecule has 0 atom stereocenters. The molecular formula is C12H16BrNOS. The van der Waals surface area contributed by atoms with Crippen LogP contribution in [0.3, 0.4) is 0 Å². The van der Waals surface area contributed by atoms with E-state index in [0.717, 1.165) is 32.5 Å². The van der Waals surface area contributed by atoms with E-state index >= 15 is 0 Å². The van der Waals surface area contributed by atoms with E-state index in [1.807, 2.05) is 0 Å². The molecule has 1 saturated heterocycles. The summed E-state index contributed by atoms with van der Waals surface area (Å²) in [5.41, 5.74) is 0. The van der Waals surface area contributed by atoms with Crippen LogP contribution in [0.25, 0.3) is 0 Å². The molecule has 2 nitrogen and oxygen atoms in total. The smallest absolute Gasteiger partial charge is 0.133 e. The number of nitrogens with zero attached hydrogens (tertiary/aromatic N) is 1. The van der Waals surface area contributed by atoms with Gasteiger partial charge in [-0.3, -0.25) is 9.69 Å². The van der Waals surface area contributed by atoms with E-state index in [2.05, 4.69) is 32.3 Å². The Morgan fingerprint density at radius 1 is 1.56 bits per heavy atom. The molecule has 1 aliphatic rings. The standard InChI is InChI=1S/C12H16BrNOS/c1-9(15)10-2-5-14(6-3-10)8-12-11(13)4-7-16-12/h4,7,10H,2-3,5-6,8H2,1H3. The number of thiophene rings is 1. The lowest BCUT2D eigenvalue weighted by atomic mass is 9.93. The number of halogens is 1. The zero-order valence-electron chi connectivity index (χ0n) is 9.41. The predicted molar refractivity (Wildman–Crippen MR) is 70.7 cm³/mol. The van der Waals surface area contributed by atoms with Gasteiger partial charge in [-0.05, 0) is 60.2 Å². The quantitative estimate of drug-likeness (QED) is 0.854. The van der Waals surface area contributed by atoms with Crippen LogP contribution in [0.1, 0.15) is 24.6 Å². The van der Waals surface area contributed by atoms with Crippen LogP contribution in [-0.4, -0.2) is 23.8 Å². The molecule has 0 N–H and O–H groups in total. The fraction of sp³-hybridized carbons (Fsp3) is 0.583. The average Bonchev–Trinajstić information content (AvgIpc) is 2.65. The minimum atomic E-state index is 0.308. The first kappa shape index (κ1) is 12.3. The predicted octanol–water partition coefficient (Wildman–Crippen LogP) is 3.31. The van der Waals surface area contributed by atoms with E-state index in [9.17, 15) is 4.79 Å². The number of piperidine rings is 1. The molecule has 88 valence electrons. The summed E-state index contributed by atoms with van der Waals surface area (Å²) in [6, 6.07) is 2.10. The fourth-order valence-electron chi connectivity index (χ4n) is 2.14. The SMILES string of the molecule is CC(=O)C1CCN(Cc2sccc2Br)CC1. The van der Waals surface area contributed by atoms with Crippen molar-refractivity contribution in [3.05, 3.63) is 20.8 Å². The maximum atomic E-state index is 11.3. The van der Waals surface area contributed by atoms with Crippen LogP contribution in [-0.2, 0) is 11.3 Å². The molecule has 0 aromatic carbocycles. The van der Waals surface area contributed by atoms with Crippen molar-refractivity contribution in [1.82, 2.24) is 4.90 Å². The van der Waals surface area contributed by atoms with Crippen LogP contribution in [0.15, 0.2) is 15.9 Å². The Kier molecular flexibility index (Phi) is 4.16. The number of rotatable bonds is 3. The lowest BCUT2D eigenvalue weighted by Crippen LogP contribution is -2.35. The number of hydrogen-bond acceptors (Lipinski definition) is 3. The van der Waals surface area contributed by atoms with Gasteiger partial charge in [0.25, 0.3) is 0 Å². The summed E-state index contributed by atoms with van der Waals surface area (Å²) >= 11 is 5.35. The number of hydrogen-bond donors (Lipinski definition) is 0. The summed E-state index contributed by atoms with van der Waals surface area (Å²) < 4.78 is 1.21. The molecule has 2 rings (SSSR count). The van der Waals surface area contributed by atoms with Gasteiger partial charge >= 0.3 is 0 Å². The van der Waals surface area contributed by atoms with Crippen molar-refractivity contribution in [1.29, 1.82) is 0 Å². The van der Waals surface area contributed by atoms with E-state index < -0.39 is 0 Å². The molecule has 0 spiro atoms. The number of Topliss-reactive ketones (excluding diaryl/α,β-unsaturated/α-hetero) is 1. The summed E-state index contributed by atoms with van der Waals surface area (Å²) in [6.07, 6.45) is 2.05. The number of carbonyl (C=O) groups excluding carboxylic acids is 1. The molecule has 0 radical (unpaired) electrons. The van der Waals surface area contributed by atoms with E-state index in [0.29, 0.717) is 11.7 Å². The van der Waals surface area contributed by atoms with Gasteiger partial charge in [0, 0.05) is 21.8 Å². The highest BCUT2D eigenvalue weighted by Gasteiger charge is 2.22. The van der Waals surface area contributed by atoms with Crippen molar-refractivity contribution in [3.8, 4) is 0 Å². The number of ketones is 1. The van der Waals surface area contributed by atoms with Gasteiger partial charge in [0.2, 0.25) is 0 Å². The molecule has 0 bridgehead atoms. The van der Waals surface area contributed by atoms with Crippen LogP contribution in [0.5, 0.6) is 0 Å². The van der Waals surface area contributed by atoms with Crippen LogP contribution in [0.4, 0.5) is 0 Å². The first-order valence-corrected chi connectivity index (χ1v) is 7.29. The van der Waals surface area contributed by atoms with Gasteiger partial charge in [-0.15, -0.1) is 11.3 Å². The first-order valence-electron chi connectivity index (χ1n) is 5.61. The Morgan fingerprint density at radius 3 is 2.75 bits per heavy atom. The third kappa shape index (κ3) is 2.93. The van der Waals surface area contributed by atoms with E-state index in [1.54, 1.807) is 18.3 Å². The van der Waals surface area contributed by atoms with Crippen LogP contribution in [0.2, 0.25) is 0 Å².